The SMILES string of the molecule is NC(=O)NC(=O)CC1CC1(Cl)Cl. The van der Waals surface area contributed by atoms with Gasteiger partial charge in [-0.3, -0.25) is 10.1 Å². The molecule has 6 heteroatoms. The minimum Gasteiger partial charge on any atom is -0.351 e. The molecule has 3 N–H and O–H groups in total. The van der Waals surface area contributed by atoms with Crippen LogP contribution in [0.1, 0.15) is 12.8 Å². The van der Waals surface area contributed by atoms with Crippen LogP contribution in [0.25, 0.3) is 0 Å². The molecule has 12 heavy (non-hydrogen) atoms. The number of primary amides is 1. The van der Waals surface area contributed by atoms with E-state index in [0.29, 0.717) is 6.42 Å². The van der Waals surface area contributed by atoms with E-state index in [1.807, 2.05) is 5.32 Å². The van der Waals surface area contributed by atoms with E-state index in [0.717, 1.165) is 0 Å². The highest BCUT2D eigenvalue weighted by molar-refractivity contribution is 6.51. The molecule has 0 aliphatic heterocycles. The lowest BCUT2D eigenvalue weighted by molar-refractivity contribution is -0.120. The standard InChI is InChI=1S/C6H8Cl2N2O2/c7-6(8)2-3(6)1-4(11)10-5(9)12/h3H,1-2H2,(H3,9,10,11,12). The number of urea groups is 1. The smallest absolute Gasteiger partial charge is 0.318 e. The minimum atomic E-state index is -0.851. The topological polar surface area (TPSA) is 72.2 Å². The fraction of sp³-hybridized carbons (Fsp3) is 0.667. The van der Waals surface area contributed by atoms with Gasteiger partial charge in [0.05, 0.1) is 0 Å². The van der Waals surface area contributed by atoms with Gasteiger partial charge in [0, 0.05) is 12.3 Å². The Labute approximate surface area is 79.4 Å². The highest BCUT2D eigenvalue weighted by Gasteiger charge is 2.52. The van der Waals surface area contributed by atoms with Gasteiger partial charge in [-0.1, -0.05) is 0 Å². The molecule has 1 saturated carbocycles. The lowest BCUT2D eigenvalue weighted by Crippen LogP contribution is -2.35. The van der Waals surface area contributed by atoms with Gasteiger partial charge in [0.1, 0.15) is 4.33 Å². The Morgan fingerprint density at radius 3 is 2.42 bits per heavy atom. The molecule has 1 aliphatic rings. The van der Waals surface area contributed by atoms with E-state index in [4.69, 9.17) is 28.9 Å². The van der Waals surface area contributed by atoms with E-state index < -0.39 is 16.3 Å². The highest BCUT2D eigenvalue weighted by atomic mass is 35.5. The quantitative estimate of drug-likeness (QED) is 0.662. The van der Waals surface area contributed by atoms with Crippen LogP contribution in [0.2, 0.25) is 0 Å². The van der Waals surface area contributed by atoms with Crippen molar-refractivity contribution in [3.05, 3.63) is 0 Å². The summed E-state index contributed by atoms with van der Waals surface area (Å²) in [6, 6.07) is -0.851. The molecule has 0 bridgehead atoms. The van der Waals surface area contributed by atoms with Crippen LogP contribution in [0.4, 0.5) is 4.79 Å². The minimum absolute atomic E-state index is 0.0554. The predicted molar refractivity (Wildman–Crippen MR) is 44.9 cm³/mol. The zero-order chi connectivity index (χ0) is 9.35. The maximum Gasteiger partial charge on any atom is 0.318 e. The number of rotatable bonds is 2. The van der Waals surface area contributed by atoms with Crippen LogP contribution in [0, 0.1) is 5.92 Å². The number of nitrogens with two attached hydrogens (primary N) is 1. The molecule has 0 aromatic heterocycles. The Bertz CT molecular complexity index is 230. The summed E-state index contributed by atoms with van der Waals surface area (Å²) in [4.78, 5) is 21.1. The number of halogens is 2. The number of carbonyl (C=O) groups is 2. The molecule has 0 saturated heterocycles. The molecule has 0 aromatic rings. The fourth-order valence-corrected chi connectivity index (χ4v) is 1.43. The third-order valence-electron chi connectivity index (χ3n) is 1.65. The lowest BCUT2D eigenvalue weighted by Gasteiger charge is -1.99. The van der Waals surface area contributed by atoms with Gasteiger partial charge in [-0.2, -0.15) is 0 Å². The van der Waals surface area contributed by atoms with E-state index in [2.05, 4.69) is 0 Å². The zero-order valence-corrected chi connectivity index (χ0v) is 7.65. The second-order valence-corrected chi connectivity index (χ2v) is 4.32. The molecule has 1 aliphatic carbocycles. The number of hydrogen-bond donors (Lipinski definition) is 2. The largest absolute Gasteiger partial charge is 0.351 e. The number of imide groups is 1. The molecule has 3 amide bonds. The van der Waals surface area contributed by atoms with Gasteiger partial charge in [0.15, 0.2) is 0 Å². The summed E-state index contributed by atoms with van der Waals surface area (Å²) < 4.78 is -0.783. The van der Waals surface area contributed by atoms with Crippen molar-refractivity contribution in [2.45, 2.75) is 17.2 Å². The Hall–Kier alpha value is -0.480. The molecule has 1 atom stereocenters. The van der Waals surface area contributed by atoms with Crippen molar-refractivity contribution in [2.75, 3.05) is 0 Å². The van der Waals surface area contributed by atoms with Crippen molar-refractivity contribution < 1.29 is 9.59 Å². The summed E-state index contributed by atoms with van der Waals surface area (Å²) in [5.74, 6) is -0.490. The average Bonchev–Trinajstić information content (AvgIpc) is 2.35. The summed E-state index contributed by atoms with van der Waals surface area (Å²) in [6.45, 7) is 0. The van der Waals surface area contributed by atoms with Gasteiger partial charge in [-0.15, -0.1) is 23.2 Å². The molecule has 1 fully saturated rings. The van der Waals surface area contributed by atoms with E-state index in [1.165, 1.54) is 0 Å². The van der Waals surface area contributed by atoms with Crippen molar-refractivity contribution >= 4 is 35.1 Å². The normalized spacial score (nSPS) is 24.7. The molecule has 4 nitrogen and oxygen atoms in total. The number of hydrogen-bond acceptors (Lipinski definition) is 2. The maximum atomic E-state index is 10.9. The van der Waals surface area contributed by atoms with Gasteiger partial charge in [0.25, 0.3) is 0 Å². The van der Waals surface area contributed by atoms with Gasteiger partial charge in [0.2, 0.25) is 5.91 Å². The lowest BCUT2D eigenvalue weighted by atomic mass is 10.3. The van der Waals surface area contributed by atoms with Crippen molar-refractivity contribution in [1.82, 2.24) is 5.32 Å². The molecule has 68 valence electrons. The first kappa shape index (κ1) is 9.61. The van der Waals surface area contributed by atoms with Gasteiger partial charge in [-0.25, -0.2) is 4.79 Å². The molecule has 0 heterocycles. The van der Waals surface area contributed by atoms with E-state index >= 15 is 0 Å². The second kappa shape index (κ2) is 3.11. The van der Waals surface area contributed by atoms with E-state index in [-0.39, 0.29) is 12.3 Å². The van der Waals surface area contributed by atoms with Crippen molar-refractivity contribution in [2.24, 2.45) is 11.7 Å². The van der Waals surface area contributed by atoms with Gasteiger partial charge >= 0.3 is 6.03 Å². The second-order valence-electron chi connectivity index (χ2n) is 2.78. The van der Waals surface area contributed by atoms with Crippen molar-refractivity contribution in [3.8, 4) is 0 Å². The molecule has 0 radical (unpaired) electrons. The molecular weight excluding hydrogens is 203 g/mol. The summed E-state index contributed by atoms with van der Waals surface area (Å²) in [5, 5.41) is 1.93. The van der Waals surface area contributed by atoms with Crippen molar-refractivity contribution in [1.29, 1.82) is 0 Å². The summed E-state index contributed by atoms with van der Waals surface area (Å²) in [5.41, 5.74) is 4.72. The van der Waals surface area contributed by atoms with Gasteiger partial charge in [-0.05, 0) is 6.42 Å². The summed E-state index contributed by atoms with van der Waals surface area (Å²) in [7, 11) is 0. The number of amides is 3. The molecular formula is C6H8Cl2N2O2. The molecule has 0 aromatic carbocycles. The molecule has 1 rings (SSSR count). The summed E-state index contributed by atoms with van der Waals surface area (Å²) in [6.07, 6.45) is 0.734. The summed E-state index contributed by atoms with van der Waals surface area (Å²) >= 11 is 11.3. The third-order valence-corrected chi connectivity index (χ3v) is 2.58. The average molecular weight is 211 g/mol. The van der Waals surface area contributed by atoms with E-state index in [1.54, 1.807) is 0 Å². The van der Waals surface area contributed by atoms with E-state index in [9.17, 15) is 9.59 Å². The van der Waals surface area contributed by atoms with Crippen LogP contribution in [0.5, 0.6) is 0 Å². The number of carbonyl (C=O) groups excluding carboxylic acids is 2. The van der Waals surface area contributed by atoms with Gasteiger partial charge < -0.3 is 5.73 Å². The zero-order valence-electron chi connectivity index (χ0n) is 6.14. The molecule has 1 unspecified atom stereocenters. The fourth-order valence-electron chi connectivity index (χ4n) is 0.903. The van der Waals surface area contributed by atoms with Crippen LogP contribution in [0.15, 0.2) is 0 Å². The maximum absolute atomic E-state index is 10.9. The first-order valence-electron chi connectivity index (χ1n) is 3.39. The Morgan fingerprint density at radius 1 is 1.58 bits per heavy atom. The predicted octanol–water partition coefficient (Wildman–Crippen LogP) is 0.765. The Balaban J connectivity index is 2.25. The highest BCUT2D eigenvalue weighted by Crippen LogP contribution is 2.54. The van der Waals surface area contributed by atoms with Crippen LogP contribution >= 0.6 is 23.2 Å². The number of alkyl halides is 2. The van der Waals surface area contributed by atoms with Crippen LogP contribution in [0.3, 0.4) is 0 Å². The Morgan fingerprint density at radius 2 is 2.08 bits per heavy atom. The monoisotopic (exact) mass is 210 g/mol. The Kier molecular flexibility index (Phi) is 2.49. The van der Waals surface area contributed by atoms with Crippen molar-refractivity contribution in [3.63, 3.8) is 0 Å². The van der Waals surface area contributed by atoms with Crippen LogP contribution in [-0.2, 0) is 4.79 Å². The number of nitrogens with one attached hydrogen (secondary N) is 1. The van der Waals surface area contributed by atoms with Crippen LogP contribution < -0.4 is 11.1 Å². The first-order valence-corrected chi connectivity index (χ1v) is 4.14. The first-order chi connectivity index (χ1) is 5.42. The molecule has 0 spiro atoms. The van der Waals surface area contributed by atoms with Crippen LogP contribution in [-0.4, -0.2) is 16.3 Å². The third kappa shape index (κ3) is 2.53.